The number of guanidine groups is 1. The van der Waals surface area contributed by atoms with Gasteiger partial charge in [0.05, 0.1) is 20.3 Å². The Hall–Kier alpha value is -1.26. The number of hydrogen-bond donors (Lipinski definition) is 2. The summed E-state index contributed by atoms with van der Waals surface area (Å²) in [5, 5.41) is 7.45. The largest absolute Gasteiger partial charge is 0.497 e. The fourth-order valence-corrected chi connectivity index (χ4v) is 5.56. The Morgan fingerprint density at radius 2 is 1.88 bits per heavy atom. The van der Waals surface area contributed by atoms with E-state index >= 15 is 0 Å². The van der Waals surface area contributed by atoms with Crippen LogP contribution >= 0.6 is 24.0 Å². The van der Waals surface area contributed by atoms with E-state index in [9.17, 15) is 0 Å². The van der Waals surface area contributed by atoms with E-state index in [1.165, 1.54) is 5.56 Å². The molecule has 2 aliphatic heterocycles. The first kappa shape index (κ1) is 25.4. The van der Waals surface area contributed by atoms with Crippen molar-refractivity contribution in [2.45, 2.75) is 58.3 Å². The third-order valence-electron chi connectivity index (χ3n) is 7.14. The van der Waals surface area contributed by atoms with Gasteiger partial charge in [-0.3, -0.25) is 9.89 Å². The maximum Gasteiger partial charge on any atom is 0.191 e. The molecule has 1 aliphatic carbocycles. The molecular formula is C24H39IN4O3. The van der Waals surface area contributed by atoms with Crippen LogP contribution in [0.25, 0.3) is 0 Å². The molecule has 3 fully saturated rings. The van der Waals surface area contributed by atoms with Gasteiger partial charge in [-0.25, -0.2) is 0 Å². The van der Waals surface area contributed by atoms with Crippen LogP contribution in [-0.2, 0) is 11.3 Å². The standard InChI is InChI=1S/C24H38N4O3.HI/c1-6-25-23(27-21-20-8-10-31-22(20)24(21,2)3)26-17-7-9-28(15-17)14-16-11-18(29-4)13-19(12-16)30-5;/h11-13,17,20-22H,6-10,14-15H2,1-5H3,(H2,25,26,27);1H. The van der Waals surface area contributed by atoms with E-state index in [0.717, 1.165) is 63.1 Å². The van der Waals surface area contributed by atoms with Gasteiger partial charge >= 0.3 is 0 Å². The van der Waals surface area contributed by atoms with Gasteiger partial charge in [-0.1, -0.05) is 13.8 Å². The van der Waals surface area contributed by atoms with Crippen molar-refractivity contribution in [1.82, 2.24) is 15.5 Å². The third kappa shape index (κ3) is 5.28. The molecular weight excluding hydrogens is 519 g/mol. The Kier molecular flexibility index (Phi) is 8.54. The van der Waals surface area contributed by atoms with E-state index in [2.05, 4.69) is 48.4 Å². The van der Waals surface area contributed by atoms with E-state index in [1.807, 2.05) is 6.07 Å². The second-order valence-electron chi connectivity index (χ2n) is 9.60. The Labute approximate surface area is 209 Å². The number of hydrogen-bond acceptors (Lipinski definition) is 5. The molecule has 32 heavy (non-hydrogen) atoms. The van der Waals surface area contributed by atoms with Gasteiger partial charge in [-0.15, -0.1) is 24.0 Å². The lowest BCUT2D eigenvalue weighted by molar-refractivity contribution is -0.106. The smallest absolute Gasteiger partial charge is 0.191 e. The predicted octanol–water partition coefficient (Wildman–Crippen LogP) is 3.26. The van der Waals surface area contributed by atoms with Crippen LogP contribution in [0, 0.1) is 11.3 Å². The van der Waals surface area contributed by atoms with E-state index in [1.54, 1.807) is 14.2 Å². The Morgan fingerprint density at radius 3 is 2.53 bits per heavy atom. The molecule has 1 aromatic rings. The molecule has 0 spiro atoms. The van der Waals surface area contributed by atoms with Gasteiger partial charge in [0.2, 0.25) is 0 Å². The lowest BCUT2D eigenvalue weighted by Crippen LogP contribution is -2.68. The number of benzene rings is 1. The average molecular weight is 559 g/mol. The van der Waals surface area contributed by atoms with Crippen molar-refractivity contribution >= 4 is 29.9 Å². The highest BCUT2D eigenvalue weighted by Crippen LogP contribution is 2.52. The number of aliphatic imine (C=N–C) groups is 1. The van der Waals surface area contributed by atoms with Crippen LogP contribution in [0.3, 0.4) is 0 Å². The molecule has 0 amide bonds. The maximum absolute atomic E-state index is 5.95. The first-order valence-electron chi connectivity index (χ1n) is 11.6. The molecule has 8 heteroatoms. The number of likely N-dealkylation sites (tertiary alicyclic amines) is 1. The Balaban J connectivity index is 0.00000289. The number of nitrogens with zero attached hydrogens (tertiary/aromatic N) is 2. The lowest BCUT2D eigenvalue weighted by atomic mass is 9.57. The normalized spacial score (nSPS) is 29.0. The zero-order valence-corrected chi connectivity index (χ0v) is 22.3. The van der Waals surface area contributed by atoms with Crippen molar-refractivity contribution in [3.63, 3.8) is 0 Å². The monoisotopic (exact) mass is 558 g/mol. The molecule has 4 unspecified atom stereocenters. The quantitative estimate of drug-likeness (QED) is 0.305. The predicted molar refractivity (Wildman–Crippen MR) is 138 cm³/mol. The van der Waals surface area contributed by atoms with Crippen LogP contribution in [-0.4, -0.2) is 69.5 Å². The van der Waals surface area contributed by atoms with Crippen molar-refractivity contribution in [2.24, 2.45) is 16.3 Å². The highest BCUT2D eigenvalue weighted by Gasteiger charge is 2.59. The molecule has 0 aromatic heterocycles. The summed E-state index contributed by atoms with van der Waals surface area (Å²) >= 11 is 0. The second kappa shape index (κ2) is 10.8. The lowest BCUT2D eigenvalue weighted by Gasteiger charge is -2.55. The minimum atomic E-state index is 0. The number of ether oxygens (including phenoxy) is 3. The summed E-state index contributed by atoms with van der Waals surface area (Å²) in [6, 6.07) is 6.91. The number of halogens is 1. The highest BCUT2D eigenvalue weighted by molar-refractivity contribution is 14.0. The number of nitrogens with one attached hydrogen (secondary N) is 2. The molecule has 7 nitrogen and oxygen atoms in total. The molecule has 0 radical (unpaired) electrons. The van der Waals surface area contributed by atoms with Crippen LogP contribution in [0.1, 0.15) is 39.2 Å². The van der Waals surface area contributed by atoms with Gasteiger partial charge in [0.1, 0.15) is 11.5 Å². The summed E-state index contributed by atoms with van der Waals surface area (Å²) in [6.07, 6.45) is 2.64. The number of methoxy groups -OCH3 is 2. The van der Waals surface area contributed by atoms with Crippen molar-refractivity contribution < 1.29 is 14.2 Å². The van der Waals surface area contributed by atoms with Gasteiger partial charge in [0.25, 0.3) is 0 Å². The first-order valence-corrected chi connectivity index (χ1v) is 11.6. The number of fused-ring (bicyclic) bond motifs is 1. The van der Waals surface area contributed by atoms with Gasteiger partial charge in [-0.05, 0) is 37.5 Å². The van der Waals surface area contributed by atoms with E-state index in [-0.39, 0.29) is 29.4 Å². The van der Waals surface area contributed by atoms with Gasteiger partial charge in [-0.2, -0.15) is 0 Å². The first-order chi connectivity index (χ1) is 14.9. The molecule has 3 aliphatic rings. The summed E-state index contributed by atoms with van der Waals surface area (Å²) in [5.41, 5.74) is 1.35. The van der Waals surface area contributed by atoms with Crippen molar-refractivity contribution in [3.05, 3.63) is 23.8 Å². The maximum atomic E-state index is 5.95. The van der Waals surface area contributed by atoms with Crippen molar-refractivity contribution in [1.29, 1.82) is 0 Å². The van der Waals surface area contributed by atoms with Crippen LogP contribution in [0.15, 0.2) is 23.2 Å². The second-order valence-corrected chi connectivity index (χ2v) is 9.60. The zero-order valence-electron chi connectivity index (χ0n) is 20.0. The summed E-state index contributed by atoms with van der Waals surface area (Å²) in [4.78, 5) is 7.22. The van der Waals surface area contributed by atoms with E-state index in [4.69, 9.17) is 19.2 Å². The highest BCUT2D eigenvalue weighted by atomic mass is 127. The van der Waals surface area contributed by atoms with Crippen LogP contribution in [0.2, 0.25) is 0 Å². The van der Waals surface area contributed by atoms with Crippen LogP contribution < -0.4 is 20.1 Å². The molecule has 1 aromatic carbocycles. The zero-order chi connectivity index (χ0) is 22.0. The molecule has 180 valence electrons. The van der Waals surface area contributed by atoms with Crippen molar-refractivity contribution in [3.8, 4) is 11.5 Å². The SMILES string of the molecule is CCN=C(NC1CCN(Cc2cc(OC)cc(OC)c2)C1)NC1C2CCOC2C1(C)C.I. The minimum Gasteiger partial charge on any atom is -0.497 e. The molecule has 4 atom stereocenters. The molecule has 4 rings (SSSR count). The summed E-state index contributed by atoms with van der Waals surface area (Å²) in [5.74, 6) is 3.21. The van der Waals surface area contributed by atoms with E-state index in [0.29, 0.717) is 24.1 Å². The van der Waals surface area contributed by atoms with Crippen LogP contribution in [0.5, 0.6) is 11.5 Å². The van der Waals surface area contributed by atoms with Gasteiger partial charge in [0.15, 0.2) is 5.96 Å². The molecule has 2 heterocycles. The molecule has 1 saturated carbocycles. The van der Waals surface area contributed by atoms with Crippen molar-refractivity contribution in [2.75, 3.05) is 40.5 Å². The summed E-state index contributed by atoms with van der Waals surface area (Å²) in [7, 11) is 3.39. The van der Waals surface area contributed by atoms with Crippen LogP contribution in [0.4, 0.5) is 0 Å². The molecule has 2 N–H and O–H groups in total. The number of rotatable bonds is 7. The fraction of sp³-hybridized carbons (Fsp3) is 0.708. The third-order valence-corrected chi connectivity index (χ3v) is 7.14. The van der Waals surface area contributed by atoms with Gasteiger partial charge < -0.3 is 24.8 Å². The van der Waals surface area contributed by atoms with E-state index < -0.39 is 0 Å². The molecule has 2 saturated heterocycles. The van der Waals surface area contributed by atoms with Gasteiger partial charge in [0, 0.05) is 62.3 Å². The Bertz CT molecular complexity index is 781. The topological polar surface area (TPSA) is 67.4 Å². The molecule has 0 bridgehead atoms. The summed E-state index contributed by atoms with van der Waals surface area (Å²) < 4.78 is 16.8. The summed E-state index contributed by atoms with van der Waals surface area (Å²) in [6.45, 7) is 11.3. The fourth-order valence-electron chi connectivity index (χ4n) is 5.56. The Morgan fingerprint density at radius 1 is 1.16 bits per heavy atom. The minimum absolute atomic E-state index is 0. The average Bonchev–Trinajstić information content (AvgIpc) is 3.40.